The number of aromatic nitrogens is 1. The van der Waals surface area contributed by atoms with Crippen molar-refractivity contribution < 1.29 is 0 Å². The van der Waals surface area contributed by atoms with Gasteiger partial charge >= 0.3 is 0 Å². The first-order valence-corrected chi connectivity index (χ1v) is 8.83. The summed E-state index contributed by atoms with van der Waals surface area (Å²) in [4.78, 5) is 9.34. The summed E-state index contributed by atoms with van der Waals surface area (Å²) in [7, 11) is 0. The van der Waals surface area contributed by atoms with E-state index in [2.05, 4.69) is 37.6 Å². The molecule has 118 valence electrons. The molecule has 1 unspecified atom stereocenters. The average molecular weight is 376 g/mol. The molecule has 0 bridgehead atoms. The summed E-state index contributed by atoms with van der Waals surface area (Å²) in [6.45, 7) is 7.16. The average Bonchev–Trinajstić information content (AvgIpc) is 2.70. The first-order chi connectivity index (χ1) is 10.2. The minimum atomic E-state index is 0.600. The summed E-state index contributed by atoms with van der Waals surface area (Å²) in [6.07, 6.45) is 5.19. The lowest BCUT2D eigenvalue weighted by Gasteiger charge is -2.29. The molecule has 0 aromatic carbocycles. The van der Waals surface area contributed by atoms with Gasteiger partial charge < -0.3 is 10.6 Å². The molecule has 0 spiro atoms. The van der Waals surface area contributed by atoms with E-state index in [4.69, 9.17) is 17.3 Å². The second-order valence-corrected chi connectivity index (χ2v) is 6.80. The molecule has 2 heterocycles. The summed E-state index contributed by atoms with van der Waals surface area (Å²) in [5.41, 5.74) is 5.73. The molecule has 4 nitrogen and oxygen atoms in total. The topological polar surface area (TPSA) is 45.4 Å². The summed E-state index contributed by atoms with van der Waals surface area (Å²) in [6, 6.07) is 2.51. The lowest BCUT2D eigenvalue weighted by atomic mass is 10.1. The molecular formula is C15H24BrClN4. The molecule has 2 rings (SSSR count). The summed E-state index contributed by atoms with van der Waals surface area (Å²) in [5, 5.41) is 0.715. The Balaban J connectivity index is 2.03. The van der Waals surface area contributed by atoms with Crippen LogP contribution in [0.2, 0.25) is 5.02 Å². The Hall–Kier alpha value is -0.360. The molecule has 1 saturated heterocycles. The zero-order valence-electron chi connectivity index (χ0n) is 12.6. The van der Waals surface area contributed by atoms with E-state index in [1.165, 1.54) is 0 Å². The molecule has 0 saturated carbocycles. The van der Waals surface area contributed by atoms with Crippen LogP contribution in [0, 0.1) is 0 Å². The van der Waals surface area contributed by atoms with Crippen molar-refractivity contribution in [2.45, 2.75) is 32.2 Å². The Labute approximate surface area is 140 Å². The van der Waals surface area contributed by atoms with Crippen LogP contribution in [0.5, 0.6) is 0 Å². The van der Waals surface area contributed by atoms with Crippen molar-refractivity contribution in [3.63, 3.8) is 0 Å². The van der Waals surface area contributed by atoms with Gasteiger partial charge in [-0.3, -0.25) is 4.90 Å². The van der Waals surface area contributed by atoms with Gasteiger partial charge in [0, 0.05) is 42.9 Å². The number of pyridine rings is 1. The Morgan fingerprint density at radius 3 is 2.86 bits per heavy atom. The molecular weight excluding hydrogens is 352 g/mol. The molecule has 21 heavy (non-hydrogen) atoms. The molecule has 6 heteroatoms. The minimum absolute atomic E-state index is 0.600. The first kappa shape index (κ1) is 17.0. The maximum absolute atomic E-state index is 6.33. The van der Waals surface area contributed by atoms with Crippen molar-refractivity contribution >= 4 is 33.3 Å². The van der Waals surface area contributed by atoms with Crippen molar-refractivity contribution in [3.8, 4) is 0 Å². The number of hydrogen-bond donors (Lipinski definition) is 1. The third-order valence-electron chi connectivity index (χ3n) is 4.11. The third-order valence-corrected chi connectivity index (χ3v) is 4.82. The van der Waals surface area contributed by atoms with Gasteiger partial charge in [-0.05, 0) is 47.8 Å². The highest BCUT2D eigenvalue weighted by molar-refractivity contribution is 9.10. The minimum Gasteiger partial charge on any atom is -0.354 e. The van der Waals surface area contributed by atoms with Gasteiger partial charge in [-0.15, -0.1) is 0 Å². The summed E-state index contributed by atoms with van der Waals surface area (Å²) >= 11 is 9.73. The van der Waals surface area contributed by atoms with Gasteiger partial charge in [-0.1, -0.05) is 18.5 Å². The fourth-order valence-electron chi connectivity index (χ4n) is 2.99. The van der Waals surface area contributed by atoms with Gasteiger partial charge in [0.15, 0.2) is 0 Å². The van der Waals surface area contributed by atoms with Crippen LogP contribution in [0.4, 0.5) is 5.82 Å². The van der Waals surface area contributed by atoms with E-state index >= 15 is 0 Å². The Morgan fingerprint density at radius 1 is 1.38 bits per heavy atom. The van der Waals surface area contributed by atoms with E-state index in [9.17, 15) is 0 Å². The number of nitrogens with zero attached hydrogens (tertiary/aromatic N) is 3. The van der Waals surface area contributed by atoms with Crippen LogP contribution in [0.3, 0.4) is 0 Å². The number of rotatable bonds is 5. The lowest BCUT2D eigenvalue weighted by Crippen LogP contribution is -2.39. The zero-order chi connectivity index (χ0) is 15.2. The Morgan fingerprint density at radius 2 is 2.19 bits per heavy atom. The molecule has 0 amide bonds. The van der Waals surface area contributed by atoms with Gasteiger partial charge in [-0.25, -0.2) is 4.98 Å². The van der Waals surface area contributed by atoms with E-state index in [0.717, 1.165) is 62.3 Å². The third kappa shape index (κ3) is 4.55. The Kier molecular flexibility index (Phi) is 6.74. The lowest BCUT2D eigenvalue weighted by molar-refractivity contribution is 0.196. The fourth-order valence-corrected chi connectivity index (χ4v) is 3.74. The van der Waals surface area contributed by atoms with Gasteiger partial charge in [0.05, 0.1) is 5.02 Å². The zero-order valence-corrected chi connectivity index (χ0v) is 14.9. The second-order valence-electron chi connectivity index (χ2n) is 5.47. The molecule has 1 aliphatic heterocycles. The van der Waals surface area contributed by atoms with Crippen LogP contribution in [0.15, 0.2) is 16.7 Å². The maximum Gasteiger partial charge on any atom is 0.147 e. The number of nitrogens with two attached hydrogens (primary N) is 1. The number of anilines is 1. The Bertz CT molecular complexity index is 457. The monoisotopic (exact) mass is 374 g/mol. The van der Waals surface area contributed by atoms with Crippen LogP contribution in [0.1, 0.15) is 26.2 Å². The van der Waals surface area contributed by atoms with Crippen molar-refractivity contribution in [2.24, 2.45) is 5.73 Å². The van der Waals surface area contributed by atoms with Crippen molar-refractivity contribution in [3.05, 3.63) is 21.8 Å². The summed E-state index contributed by atoms with van der Waals surface area (Å²) < 4.78 is 0.918. The van der Waals surface area contributed by atoms with Crippen molar-refractivity contribution in [1.82, 2.24) is 9.88 Å². The predicted octanol–water partition coefficient (Wildman–Crippen LogP) is 3.14. The molecule has 1 aromatic heterocycles. The second kappa shape index (κ2) is 8.32. The van der Waals surface area contributed by atoms with Crippen LogP contribution in [0.25, 0.3) is 0 Å². The molecule has 2 N–H and O–H groups in total. The quantitative estimate of drug-likeness (QED) is 0.859. The predicted molar refractivity (Wildman–Crippen MR) is 93.1 cm³/mol. The van der Waals surface area contributed by atoms with Gasteiger partial charge in [-0.2, -0.15) is 0 Å². The number of hydrogen-bond acceptors (Lipinski definition) is 4. The molecule has 0 aliphatic carbocycles. The highest BCUT2D eigenvalue weighted by atomic mass is 79.9. The number of halogens is 2. The maximum atomic E-state index is 6.33. The molecule has 0 radical (unpaired) electrons. The molecule has 1 atom stereocenters. The molecule has 1 fully saturated rings. The van der Waals surface area contributed by atoms with Gasteiger partial charge in [0.25, 0.3) is 0 Å². The van der Waals surface area contributed by atoms with E-state index in [1.807, 2.05) is 12.3 Å². The highest BCUT2D eigenvalue weighted by Crippen LogP contribution is 2.27. The van der Waals surface area contributed by atoms with Crippen molar-refractivity contribution in [1.29, 1.82) is 0 Å². The van der Waals surface area contributed by atoms with E-state index in [-0.39, 0.29) is 0 Å². The molecule has 1 aromatic rings. The van der Waals surface area contributed by atoms with Crippen molar-refractivity contribution in [2.75, 3.05) is 37.6 Å². The summed E-state index contributed by atoms with van der Waals surface area (Å²) in [5.74, 6) is 0.897. The van der Waals surface area contributed by atoms with Gasteiger partial charge in [0.1, 0.15) is 5.82 Å². The van der Waals surface area contributed by atoms with Crippen LogP contribution >= 0.6 is 27.5 Å². The van der Waals surface area contributed by atoms with E-state index in [1.54, 1.807) is 0 Å². The van der Waals surface area contributed by atoms with Crippen LogP contribution in [-0.2, 0) is 0 Å². The molecule has 1 aliphatic rings. The largest absolute Gasteiger partial charge is 0.354 e. The normalized spacial score (nSPS) is 18.6. The first-order valence-electron chi connectivity index (χ1n) is 7.65. The fraction of sp³-hybridized carbons (Fsp3) is 0.667. The van der Waals surface area contributed by atoms with E-state index in [0.29, 0.717) is 11.1 Å². The van der Waals surface area contributed by atoms with Crippen LogP contribution < -0.4 is 10.6 Å². The SMILES string of the molecule is CCC(CCN)N1CCCN(c2ncc(Br)cc2Cl)CC1. The van der Waals surface area contributed by atoms with Gasteiger partial charge in [0.2, 0.25) is 0 Å². The smallest absolute Gasteiger partial charge is 0.147 e. The van der Waals surface area contributed by atoms with Crippen LogP contribution in [-0.4, -0.2) is 48.6 Å². The standard InChI is InChI=1S/C15H24BrClN4/c1-2-13(4-5-18)20-6-3-7-21(9-8-20)15-14(17)10-12(16)11-19-15/h10-11,13H,2-9,18H2,1H3. The van der Waals surface area contributed by atoms with E-state index < -0.39 is 0 Å². The highest BCUT2D eigenvalue weighted by Gasteiger charge is 2.22.